The molecular formula is C38H24N2O. The zero-order valence-electron chi connectivity index (χ0n) is 22.2. The minimum absolute atomic E-state index is 0.0462. The van der Waals surface area contributed by atoms with Gasteiger partial charge in [0.15, 0.2) is 0 Å². The summed E-state index contributed by atoms with van der Waals surface area (Å²) in [5.41, 5.74) is 13.1. The van der Waals surface area contributed by atoms with E-state index in [2.05, 4.69) is 114 Å². The highest BCUT2D eigenvalue weighted by atomic mass is 16.2. The van der Waals surface area contributed by atoms with Crippen molar-refractivity contribution in [2.24, 2.45) is 0 Å². The Hall–Kier alpha value is -5.41. The monoisotopic (exact) mass is 524 g/mol. The molecule has 0 aliphatic carbocycles. The Kier molecular flexibility index (Phi) is 4.53. The highest BCUT2D eigenvalue weighted by molar-refractivity contribution is 6.24. The fourth-order valence-corrected chi connectivity index (χ4v) is 6.83. The van der Waals surface area contributed by atoms with Crippen LogP contribution in [-0.4, -0.2) is 10.5 Å². The molecule has 0 spiro atoms. The molecular weight excluding hydrogens is 500 g/mol. The maximum atomic E-state index is 14.2. The van der Waals surface area contributed by atoms with Crippen LogP contribution in [0, 0.1) is 0 Å². The predicted molar refractivity (Wildman–Crippen MR) is 168 cm³/mol. The van der Waals surface area contributed by atoms with Gasteiger partial charge in [-0.3, -0.25) is 4.79 Å². The van der Waals surface area contributed by atoms with Gasteiger partial charge in [0.2, 0.25) is 0 Å². The molecule has 3 heterocycles. The first-order chi connectivity index (χ1) is 20.3. The Balaban J connectivity index is 1.39. The van der Waals surface area contributed by atoms with Gasteiger partial charge in [-0.1, -0.05) is 103 Å². The van der Waals surface area contributed by atoms with Crippen molar-refractivity contribution in [2.45, 2.75) is 6.54 Å². The maximum Gasteiger partial charge on any atom is 0.260 e. The van der Waals surface area contributed by atoms with E-state index in [0.29, 0.717) is 6.54 Å². The Morgan fingerprint density at radius 2 is 1.20 bits per heavy atom. The van der Waals surface area contributed by atoms with Crippen LogP contribution in [0.25, 0.3) is 60.9 Å². The number of aromatic nitrogens is 1. The zero-order chi connectivity index (χ0) is 27.1. The van der Waals surface area contributed by atoms with E-state index in [-0.39, 0.29) is 5.91 Å². The molecule has 2 aliphatic rings. The molecule has 7 aromatic rings. The van der Waals surface area contributed by atoms with Crippen LogP contribution in [0.3, 0.4) is 0 Å². The van der Waals surface area contributed by atoms with Crippen LogP contribution in [0.4, 0.5) is 5.69 Å². The summed E-state index contributed by atoms with van der Waals surface area (Å²) in [6.45, 7) is 0.542. The molecule has 0 atom stereocenters. The molecule has 6 aromatic carbocycles. The van der Waals surface area contributed by atoms with Gasteiger partial charge < -0.3 is 9.47 Å². The van der Waals surface area contributed by atoms with Gasteiger partial charge in [0, 0.05) is 16.3 Å². The minimum atomic E-state index is 0.0462. The van der Waals surface area contributed by atoms with Crippen molar-refractivity contribution in [1.29, 1.82) is 0 Å². The summed E-state index contributed by atoms with van der Waals surface area (Å²) in [7, 11) is 0. The van der Waals surface area contributed by atoms with E-state index < -0.39 is 0 Å². The van der Waals surface area contributed by atoms with Crippen LogP contribution < -0.4 is 4.90 Å². The molecule has 0 N–H and O–H groups in total. The van der Waals surface area contributed by atoms with E-state index >= 15 is 0 Å². The van der Waals surface area contributed by atoms with Crippen molar-refractivity contribution in [3.05, 3.63) is 145 Å². The van der Waals surface area contributed by atoms with E-state index in [4.69, 9.17) is 0 Å². The SMILES string of the molecule is O=C1c2ccccc2-n2c3ccc(-c4ccccc4)cc3c3ccc4c(c32)N1Cc1ccc(-c2ccccc2)cc1-4. The number of carbonyl (C=O) groups is 1. The number of benzene rings is 6. The zero-order valence-corrected chi connectivity index (χ0v) is 22.2. The molecule has 2 aliphatic heterocycles. The first-order valence-corrected chi connectivity index (χ1v) is 14.0. The summed E-state index contributed by atoms with van der Waals surface area (Å²) in [6, 6.07) is 46.9. The topological polar surface area (TPSA) is 25.2 Å². The lowest BCUT2D eigenvalue weighted by Gasteiger charge is -2.31. The van der Waals surface area contributed by atoms with Crippen LogP contribution in [-0.2, 0) is 6.54 Å². The van der Waals surface area contributed by atoms with Crippen molar-refractivity contribution in [1.82, 2.24) is 4.57 Å². The van der Waals surface area contributed by atoms with E-state index in [1.54, 1.807) is 0 Å². The van der Waals surface area contributed by atoms with Crippen LogP contribution in [0.2, 0.25) is 0 Å². The van der Waals surface area contributed by atoms with E-state index in [9.17, 15) is 4.79 Å². The van der Waals surface area contributed by atoms with Gasteiger partial charge in [-0.05, 0) is 63.7 Å². The third-order valence-electron chi connectivity index (χ3n) is 8.74. The summed E-state index contributed by atoms with van der Waals surface area (Å²) in [5.74, 6) is 0.0462. The van der Waals surface area contributed by atoms with Gasteiger partial charge >= 0.3 is 0 Å². The van der Waals surface area contributed by atoms with Crippen LogP contribution in [0.1, 0.15) is 15.9 Å². The Bertz CT molecular complexity index is 2190. The van der Waals surface area contributed by atoms with E-state index in [0.717, 1.165) is 38.9 Å². The number of hydrogen-bond acceptors (Lipinski definition) is 1. The molecule has 0 radical (unpaired) electrons. The summed E-state index contributed by atoms with van der Waals surface area (Å²) < 4.78 is 2.32. The Labute approximate surface area is 237 Å². The number of carbonyl (C=O) groups excluding carboxylic acids is 1. The van der Waals surface area contributed by atoms with Gasteiger partial charge in [0.05, 0.1) is 34.5 Å². The van der Waals surface area contributed by atoms with Crippen LogP contribution in [0.15, 0.2) is 133 Å². The molecule has 0 saturated heterocycles. The number of hydrogen-bond donors (Lipinski definition) is 0. The molecule has 0 saturated carbocycles. The van der Waals surface area contributed by atoms with E-state index in [1.165, 1.54) is 38.8 Å². The Morgan fingerprint density at radius 3 is 1.98 bits per heavy atom. The second-order valence-electron chi connectivity index (χ2n) is 10.9. The lowest BCUT2D eigenvalue weighted by atomic mass is 9.89. The second-order valence-corrected chi connectivity index (χ2v) is 10.9. The molecule has 192 valence electrons. The third-order valence-corrected chi connectivity index (χ3v) is 8.74. The third kappa shape index (κ3) is 3.12. The fraction of sp³-hybridized carbons (Fsp3) is 0.0263. The number of nitrogens with zero attached hydrogens (tertiary/aromatic N) is 2. The highest BCUT2D eigenvalue weighted by Crippen LogP contribution is 2.50. The van der Waals surface area contributed by atoms with Gasteiger partial charge in [0.25, 0.3) is 5.91 Å². The average Bonchev–Trinajstić information content (AvgIpc) is 3.33. The van der Waals surface area contributed by atoms with Crippen molar-refractivity contribution in [3.8, 4) is 39.1 Å². The van der Waals surface area contributed by atoms with Gasteiger partial charge in [-0.2, -0.15) is 0 Å². The maximum absolute atomic E-state index is 14.2. The molecule has 9 rings (SSSR count). The highest BCUT2D eigenvalue weighted by Gasteiger charge is 2.35. The number of anilines is 1. The van der Waals surface area contributed by atoms with Gasteiger partial charge in [-0.25, -0.2) is 0 Å². The summed E-state index contributed by atoms with van der Waals surface area (Å²) >= 11 is 0. The van der Waals surface area contributed by atoms with Crippen LogP contribution in [0.5, 0.6) is 0 Å². The molecule has 1 aromatic heterocycles. The number of rotatable bonds is 2. The second kappa shape index (κ2) is 8.30. The molecule has 0 fully saturated rings. The van der Waals surface area contributed by atoms with Crippen molar-refractivity contribution in [2.75, 3.05) is 4.90 Å². The fourth-order valence-electron chi connectivity index (χ4n) is 6.83. The molecule has 0 bridgehead atoms. The minimum Gasteiger partial charge on any atom is -0.306 e. The molecule has 41 heavy (non-hydrogen) atoms. The molecule has 0 unspecified atom stereocenters. The number of para-hydroxylation sites is 1. The molecule has 3 nitrogen and oxygen atoms in total. The Morgan fingerprint density at radius 1 is 0.512 bits per heavy atom. The van der Waals surface area contributed by atoms with Crippen LogP contribution >= 0.6 is 0 Å². The standard InChI is InChI=1S/C38H24N2O/c41-38-31-13-7-8-14-34(31)40-35-20-17-27(25-11-5-2-6-12-25)22-33(35)30-19-18-29-32-21-26(24-9-3-1-4-10-24)15-16-28(32)23-39(38)36(29)37(30)40/h1-22H,23H2. The lowest BCUT2D eigenvalue weighted by molar-refractivity contribution is 0.0986. The summed E-state index contributed by atoms with van der Waals surface area (Å²) in [4.78, 5) is 16.2. The largest absolute Gasteiger partial charge is 0.306 e. The molecule has 1 amide bonds. The van der Waals surface area contributed by atoms with Gasteiger partial charge in [0.1, 0.15) is 0 Å². The van der Waals surface area contributed by atoms with Crippen molar-refractivity contribution in [3.63, 3.8) is 0 Å². The summed E-state index contributed by atoms with van der Waals surface area (Å²) in [6.07, 6.45) is 0. The van der Waals surface area contributed by atoms with Crippen molar-refractivity contribution >= 4 is 33.4 Å². The van der Waals surface area contributed by atoms with Gasteiger partial charge in [-0.15, -0.1) is 0 Å². The predicted octanol–water partition coefficient (Wildman–Crippen LogP) is 9.26. The first-order valence-electron chi connectivity index (χ1n) is 14.0. The summed E-state index contributed by atoms with van der Waals surface area (Å²) in [5, 5.41) is 2.35. The smallest absolute Gasteiger partial charge is 0.260 e. The number of fused-ring (bicyclic) bond motifs is 7. The van der Waals surface area contributed by atoms with Crippen molar-refractivity contribution < 1.29 is 4.79 Å². The molecule has 3 heteroatoms. The normalized spacial score (nSPS) is 13.3. The van der Waals surface area contributed by atoms with E-state index in [1.807, 2.05) is 29.2 Å². The quantitative estimate of drug-likeness (QED) is 0.221. The lowest BCUT2D eigenvalue weighted by Crippen LogP contribution is -2.32. The average molecular weight is 525 g/mol. The number of amides is 1. The first kappa shape index (κ1) is 22.4.